The maximum absolute atomic E-state index is 4.98. The molecule has 0 fully saturated rings. The van der Waals surface area contributed by atoms with Crippen LogP contribution in [0.2, 0.25) is 0 Å². The molecule has 0 bridgehead atoms. The van der Waals surface area contributed by atoms with Gasteiger partial charge in [-0.1, -0.05) is 72.8 Å². The second kappa shape index (κ2) is 7.48. The molecule has 31 heavy (non-hydrogen) atoms. The van der Waals surface area contributed by atoms with E-state index in [-0.39, 0.29) is 0 Å². The molecule has 2 aromatic heterocycles. The fourth-order valence-electron chi connectivity index (χ4n) is 4.60. The van der Waals surface area contributed by atoms with Crippen LogP contribution in [-0.2, 0) is 12.8 Å². The third kappa shape index (κ3) is 3.30. The van der Waals surface area contributed by atoms with Gasteiger partial charge in [0, 0.05) is 21.5 Å². The van der Waals surface area contributed by atoms with Crippen molar-refractivity contribution >= 4 is 43.6 Å². The maximum Gasteiger partial charge on any atom is 0.0741 e. The first-order valence-electron chi connectivity index (χ1n) is 10.9. The Morgan fingerprint density at radius 3 is 1.42 bits per heavy atom. The Kier molecular flexibility index (Phi) is 4.35. The summed E-state index contributed by atoms with van der Waals surface area (Å²) in [5, 5.41) is 4.83. The lowest BCUT2D eigenvalue weighted by atomic mass is 9.99. The Labute approximate surface area is 181 Å². The van der Waals surface area contributed by atoms with Gasteiger partial charge in [0.25, 0.3) is 0 Å². The van der Waals surface area contributed by atoms with Gasteiger partial charge in [-0.15, -0.1) is 0 Å². The summed E-state index contributed by atoms with van der Waals surface area (Å²) >= 11 is 0. The van der Waals surface area contributed by atoms with Crippen LogP contribution >= 0.6 is 0 Å². The minimum absolute atomic E-state index is 1.01. The van der Waals surface area contributed by atoms with Crippen LogP contribution in [-0.4, -0.2) is 9.97 Å². The van der Waals surface area contributed by atoms with Crippen LogP contribution in [0, 0.1) is 0 Å². The van der Waals surface area contributed by atoms with Gasteiger partial charge in [0.05, 0.1) is 22.1 Å². The van der Waals surface area contributed by atoms with Gasteiger partial charge >= 0.3 is 0 Å². The Hall–Kier alpha value is -3.78. The van der Waals surface area contributed by atoms with Gasteiger partial charge in [-0.05, 0) is 54.7 Å². The topological polar surface area (TPSA) is 25.8 Å². The zero-order valence-electron chi connectivity index (χ0n) is 17.3. The molecular weight excluding hydrogens is 376 g/mol. The van der Waals surface area contributed by atoms with E-state index in [1.807, 2.05) is 0 Å². The van der Waals surface area contributed by atoms with Crippen molar-refractivity contribution in [3.63, 3.8) is 0 Å². The first-order valence-corrected chi connectivity index (χ1v) is 10.9. The summed E-state index contributed by atoms with van der Waals surface area (Å²) in [4.78, 5) is 9.95. The number of aryl methyl sites for hydroxylation is 2. The third-order valence-electron chi connectivity index (χ3n) is 6.15. The number of rotatable bonds is 4. The molecule has 2 nitrogen and oxygen atoms in total. The minimum Gasteiger partial charge on any atom is -0.248 e. The van der Waals surface area contributed by atoms with Crippen LogP contribution < -0.4 is 0 Å². The first-order chi connectivity index (χ1) is 15.3. The lowest BCUT2D eigenvalue weighted by Gasteiger charge is -2.10. The molecule has 6 aromatic rings. The number of fused-ring (bicyclic) bond motifs is 4. The molecule has 0 saturated heterocycles. The average molecular weight is 399 g/mol. The SMILES string of the molecule is c1ccc2nc3c(CCCc4cccc5cc6ccccc6nc45)cccc3cc2c1. The van der Waals surface area contributed by atoms with E-state index in [2.05, 4.69) is 97.1 Å². The normalized spacial score (nSPS) is 11.6. The van der Waals surface area contributed by atoms with Gasteiger partial charge in [0.1, 0.15) is 0 Å². The average Bonchev–Trinajstić information content (AvgIpc) is 2.82. The molecule has 0 amide bonds. The fraction of sp³-hybridized carbons (Fsp3) is 0.103. The molecule has 0 radical (unpaired) electrons. The summed E-state index contributed by atoms with van der Waals surface area (Å²) in [5.74, 6) is 0. The molecule has 2 heterocycles. The molecule has 6 rings (SSSR count). The van der Waals surface area contributed by atoms with E-state index in [0.717, 1.165) is 41.3 Å². The lowest BCUT2D eigenvalue weighted by molar-refractivity contribution is 0.827. The summed E-state index contributed by atoms with van der Waals surface area (Å²) in [6.07, 6.45) is 3.08. The zero-order chi connectivity index (χ0) is 20.6. The molecule has 2 heteroatoms. The zero-order valence-corrected chi connectivity index (χ0v) is 17.3. The van der Waals surface area contributed by atoms with Crippen LogP contribution in [0.5, 0.6) is 0 Å². The van der Waals surface area contributed by atoms with E-state index in [0.29, 0.717) is 0 Å². The summed E-state index contributed by atoms with van der Waals surface area (Å²) in [6.45, 7) is 0. The van der Waals surface area contributed by atoms with Crippen LogP contribution in [0.3, 0.4) is 0 Å². The van der Waals surface area contributed by atoms with Crippen LogP contribution in [0.25, 0.3) is 43.6 Å². The number of benzene rings is 4. The fourth-order valence-corrected chi connectivity index (χ4v) is 4.60. The van der Waals surface area contributed by atoms with Crippen molar-refractivity contribution in [3.8, 4) is 0 Å². The predicted molar refractivity (Wildman–Crippen MR) is 131 cm³/mol. The lowest BCUT2D eigenvalue weighted by Crippen LogP contribution is -1.95. The highest BCUT2D eigenvalue weighted by atomic mass is 14.7. The Morgan fingerprint density at radius 1 is 0.452 bits per heavy atom. The minimum atomic E-state index is 1.01. The molecule has 4 aromatic carbocycles. The first kappa shape index (κ1) is 18.0. The largest absolute Gasteiger partial charge is 0.248 e. The Bertz CT molecular complexity index is 1450. The second-order valence-corrected chi connectivity index (χ2v) is 8.19. The summed E-state index contributed by atoms with van der Waals surface area (Å²) in [6, 6.07) is 34.3. The number of pyridine rings is 2. The van der Waals surface area contributed by atoms with Crippen LogP contribution in [0.1, 0.15) is 17.5 Å². The quantitative estimate of drug-likeness (QED) is 0.292. The highest BCUT2D eigenvalue weighted by Crippen LogP contribution is 2.26. The monoisotopic (exact) mass is 398 g/mol. The van der Waals surface area contributed by atoms with E-state index in [4.69, 9.17) is 9.97 Å². The number of hydrogen-bond donors (Lipinski definition) is 0. The van der Waals surface area contributed by atoms with Crippen LogP contribution in [0.15, 0.2) is 97.1 Å². The third-order valence-corrected chi connectivity index (χ3v) is 6.15. The van der Waals surface area contributed by atoms with Crippen molar-refractivity contribution < 1.29 is 0 Å². The molecule has 0 unspecified atom stereocenters. The molecule has 0 N–H and O–H groups in total. The van der Waals surface area contributed by atoms with Crippen molar-refractivity contribution in [1.29, 1.82) is 0 Å². The highest BCUT2D eigenvalue weighted by Gasteiger charge is 2.08. The second-order valence-electron chi connectivity index (χ2n) is 8.19. The summed E-state index contributed by atoms with van der Waals surface area (Å²) < 4.78 is 0. The number of para-hydroxylation sites is 4. The van der Waals surface area contributed by atoms with Crippen molar-refractivity contribution in [2.45, 2.75) is 19.3 Å². The van der Waals surface area contributed by atoms with Crippen molar-refractivity contribution in [3.05, 3.63) is 108 Å². The molecule has 0 aliphatic heterocycles. The maximum atomic E-state index is 4.98. The Morgan fingerprint density at radius 2 is 0.903 bits per heavy atom. The number of nitrogens with zero attached hydrogens (tertiary/aromatic N) is 2. The van der Waals surface area contributed by atoms with E-state index in [9.17, 15) is 0 Å². The van der Waals surface area contributed by atoms with Gasteiger partial charge in [-0.2, -0.15) is 0 Å². The van der Waals surface area contributed by atoms with Gasteiger partial charge in [-0.25, -0.2) is 9.97 Å². The van der Waals surface area contributed by atoms with Gasteiger partial charge in [0.2, 0.25) is 0 Å². The molecule has 0 atom stereocenters. The standard InChI is InChI=1S/C29H22N2/c1-3-16-26-22(8-1)18-24-14-6-12-20(28(24)30-26)10-5-11-21-13-7-15-25-19-23-9-2-4-17-27(23)31-29(21)25/h1-4,6-9,12-19H,5,10-11H2. The van der Waals surface area contributed by atoms with E-state index >= 15 is 0 Å². The van der Waals surface area contributed by atoms with Crippen molar-refractivity contribution in [2.24, 2.45) is 0 Å². The predicted octanol–water partition coefficient (Wildman–Crippen LogP) is 7.26. The van der Waals surface area contributed by atoms with E-state index in [1.54, 1.807) is 0 Å². The van der Waals surface area contributed by atoms with Gasteiger partial charge < -0.3 is 0 Å². The smallest absolute Gasteiger partial charge is 0.0741 e. The molecule has 0 saturated carbocycles. The summed E-state index contributed by atoms with van der Waals surface area (Å²) in [7, 11) is 0. The van der Waals surface area contributed by atoms with Crippen LogP contribution in [0.4, 0.5) is 0 Å². The van der Waals surface area contributed by atoms with E-state index < -0.39 is 0 Å². The number of aromatic nitrogens is 2. The van der Waals surface area contributed by atoms with Crippen molar-refractivity contribution in [1.82, 2.24) is 9.97 Å². The highest BCUT2D eigenvalue weighted by molar-refractivity contribution is 5.95. The molecular formula is C29H22N2. The van der Waals surface area contributed by atoms with Gasteiger partial charge in [-0.3, -0.25) is 0 Å². The number of hydrogen-bond acceptors (Lipinski definition) is 2. The van der Waals surface area contributed by atoms with Crippen molar-refractivity contribution in [2.75, 3.05) is 0 Å². The summed E-state index contributed by atoms with van der Waals surface area (Å²) in [5.41, 5.74) is 7.02. The molecule has 0 aliphatic rings. The Balaban J connectivity index is 1.31. The molecule has 0 aliphatic carbocycles. The molecule has 0 spiro atoms. The molecule has 148 valence electrons. The van der Waals surface area contributed by atoms with E-state index in [1.165, 1.54) is 32.7 Å². The van der Waals surface area contributed by atoms with Gasteiger partial charge in [0.15, 0.2) is 0 Å².